The smallest absolute Gasteiger partial charge is 0.0451 e. The van der Waals surface area contributed by atoms with Crippen LogP contribution in [-0.4, -0.2) is 43.1 Å². The largest absolute Gasteiger partial charge is 0.398 e. The summed E-state index contributed by atoms with van der Waals surface area (Å²) in [7, 11) is 4.28. The fourth-order valence-corrected chi connectivity index (χ4v) is 3.21. The number of aromatic nitrogens is 1. The molecule has 2 N–H and O–H groups in total. The van der Waals surface area contributed by atoms with Crippen molar-refractivity contribution >= 4 is 22.1 Å². The summed E-state index contributed by atoms with van der Waals surface area (Å²) in [6.45, 7) is 2.22. The van der Waals surface area contributed by atoms with Crippen LogP contribution in [0.25, 0.3) is 10.8 Å². The van der Waals surface area contributed by atoms with Crippen molar-refractivity contribution in [3.8, 4) is 0 Å². The van der Waals surface area contributed by atoms with Gasteiger partial charge in [-0.1, -0.05) is 0 Å². The van der Waals surface area contributed by atoms with Gasteiger partial charge in [0, 0.05) is 53.7 Å². The second-order valence-electron chi connectivity index (χ2n) is 5.85. The molecule has 1 aliphatic heterocycles. The van der Waals surface area contributed by atoms with E-state index >= 15 is 0 Å². The zero-order valence-corrected chi connectivity index (χ0v) is 12.2. The third-order valence-corrected chi connectivity index (χ3v) is 4.09. The molecule has 0 spiro atoms. The van der Waals surface area contributed by atoms with Crippen molar-refractivity contribution < 1.29 is 0 Å². The van der Waals surface area contributed by atoms with E-state index in [1.54, 1.807) is 0 Å². The van der Waals surface area contributed by atoms with Gasteiger partial charge in [-0.2, -0.15) is 0 Å². The minimum Gasteiger partial charge on any atom is -0.398 e. The Labute approximate surface area is 120 Å². The summed E-state index contributed by atoms with van der Waals surface area (Å²) in [5.41, 5.74) is 8.17. The summed E-state index contributed by atoms with van der Waals surface area (Å²) in [5, 5.41) is 2.27. The van der Waals surface area contributed by atoms with Crippen LogP contribution in [0.5, 0.6) is 0 Å². The first-order valence-corrected chi connectivity index (χ1v) is 7.20. The third-order valence-electron chi connectivity index (χ3n) is 4.09. The predicted molar refractivity (Wildman–Crippen MR) is 85.1 cm³/mol. The first-order chi connectivity index (χ1) is 9.66. The molecule has 2 heterocycles. The van der Waals surface area contributed by atoms with E-state index in [1.165, 1.54) is 23.9 Å². The molecule has 1 saturated heterocycles. The summed E-state index contributed by atoms with van der Waals surface area (Å²) in [6.07, 6.45) is 6.23. The van der Waals surface area contributed by atoms with Gasteiger partial charge in [-0.15, -0.1) is 0 Å². The molecule has 0 radical (unpaired) electrons. The average molecular weight is 270 g/mol. The van der Waals surface area contributed by atoms with Crippen LogP contribution >= 0.6 is 0 Å². The van der Waals surface area contributed by atoms with Gasteiger partial charge in [-0.3, -0.25) is 4.98 Å². The van der Waals surface area contributed by atoms with Crippen molar-refractivity contribution in [2.75, 3.05) is 37.8 Å². The minimum absolute atomic E-state index is 0.588. The van der Waals surface area contributed by atoms with Gasteiger partial charge in [-0.25, -0.2) is 0 Å². The fraction of sp³-hybridized carbons (Fsp3) is 0.438. The van der Waals surface area contributed by atoms with Crippen LogP contribution in [0.3, 0.4) is 0 Å². The van der Waals surface area contributed by atoms with Crippen LogP contribution in [-0.2, 0) is 0 Å². The number of likely N-dealkylation sites (N-methyl/N-ethyl adjacent to an activating group) is 1. The molecule has 1 aromatic heterocycles. The molecule has 1 aliphatic rings. The number of nitrogen functional groups attached to an aromatic ring is 1. The molecule has 0 bridgehead atoms. The summed E-state index contributed by atoms with van der Waals surface area (Å²) in [6, 6.07) is 6.83. The molecule has 106 valence electrons. The zero-order chi connectivity index (χ0) is 14.1. The number of fused-ring (bicyclic) bond motifs is 1. The summed E-state index contributed by atoms with van der Waals surface area (Å²) in [5.74, 6) is 0. The molecule has 0 saturated carbocycles. The van der Waals surface area contributed by atoms with Crippen LogP contribution in [0.1, 0.15) is 12.8 Å². The quantitative estimate of drug-likeness (QED) is 0.870. The monoisotopic (exact) mass is 270 g/mol. The van der Waals surface area contributed by atoms with Crippen LogP contribution in [0, 0.1) is 0 Å². The molecule has 0 aliphatic carbocycles. The number of anilines is 2. The van der Waals surface area contributed by atoms with E-state index in [0.717, 1.165) is 24.2 Å². The van der Waals surface area contributed by atoms with Crippen LogP contribution < -0.4 is 10.6 Å². The lowest BCUT2D eigenvalue weighted by Crippen LogP contribution is -2.37. The van der Waals surface area contributed by atoms with Gasteiger partial charge < -0.3 is 15.5 Å². The van der Waals surface area contributed by atoms with Crippen molar-refractivity contribution in [1.82, 2.24) is 9.88 Å². The van der Waals surface area contributed by atoms with Crippen molar-refractivity contribution in [1.29, 1.82) is 0 Å². The zero-order valence-electron chi connectivity index (χ0n) is 12.2. The average Bonchev–Trinajstić information content (AvgIpc) is 2.87. The summed E-state index contributed by atoms with van der Waals surface area (Å²) in [4.78, 5) is 9.00. The maximum absolute atomic E-state index is 6.07. The Balaban J connectivity index is 2.03. The number of benzene rings is 1. The maximum Gasteiger partial charge on any atom is 0.0451 e. The molecular formula is C16H22N4. The van der Waals surface area contributed by atoms with Gasteiger partial charge >= 0.3 is 0 Å². The number of pyridine rings is 1. The van der Waals surface area contributed by atoms with Gasteiger partial charge in [0.2, 0.25) is 0 Å². The standard InChI is InChI=1S/C16H22N4/c1-19(2)11-12-4-3-9-20(12)16-6-5-15(17)14-10-18-8-7-13(14)16/h5-8,10,12H,3-4,9,11,17H2,1-2H3. The minimum atomic E-state index is 0.588. The first-order valence-electron chi connectivity index (χ1n) is 7.20. The fourth-order valence-electron chi connectivity index (χ4n) is 3.21. The molecule has 0 amide bonds. The normalized spacial score (nSPS) is 19.1. The van der Waals surface area contributed by atoms with E-state index in [1.807, 2.05) is 18.5 Å². The van der Waals surface area contributed by atoms with E-state index in [-0.39, 0.29) is 0 Å². The predicted octanol–water partition coefficient (Wildman–Crippen LogP) is 2.35. The van der Waals surface area contributed by atoms with Crippen molar-refractivity contribution in [2.45, 2.75) is 18.9 Å². The number of rotatable bonds is 3. The van der Waals surface area contributed by atoms with E-state index < -0.39 is 0 Å². The highest BCUT2D eigenvalue weighted by molar-refractivity contribution is 6.01. The Morgan fingerprint density at radius 3 is 2.95 bits per heavy atom. The Morgan fingerprint density at radius 1 is 1.30 bits per heavy atom. The van der Waals surface area contributed by atoms with Crippen LogP contribution in [0.4, 0.5) is 11.4 Å². The topological polar surface area (TPSA) is 45.4 Å². The summed E-state index contributed by atoms with van der Waals surface area (Å²) >= 11 is 0. The molecule has 4 heteroatoms. The molecule has 4 nitrogen and oxygen atoms in total. The molecule has 1 unspecified atom stereocenters. The molecule has 3 rings (SSSR count). The molecule has 20 heavy (non-hydrogen) atoms. The lowest BCUT2D eigenvalue weighted by molar-refractivity contribution is 0.372. The Morgan fingerprint density at radius 2 is 2.15 bits per heavy atom. The number of hydrogen-bond acceptors (Lipinski definition) is 4. The highest BCUT2D eigenvalue weighted by Gasteiger charge is 2.26. The number of hydrogen-bond donors (Lipinski definition) is 1. The van der Waals surface area contributed by atoms with Gasteiger partial charge in [0.25, 0.3) is 0 Å². The molecular weight excluding hydrogens is 248 g/mol. The molecule has 1 aromatic carbocycles. The van der Waals surface area contributed by atoms with E-state index in [9.17, 15) is 0 Å². The van der Waals surface area contributed by atoms with Gasteiger partial charge in [0.05, 0.1) is 0 Å². The Kier molecular flexibility index (Phi) is 3.49. The maximum atomic E-state index is 6.07. The van der Waals surface area contributed by atoms with E-state index in [4.69, 9.17) is 5.73 Å². The first kappa shape index (κ1) is 13.2. The molecule has 2 aromatic rings. The SMILES string of the molecule is CN(C)CC1CCCN1c1ccc(N)c2cnccc12. The van der Waals surface area contributed by atoms with Gasteiger partial charge in [-0.05, 0) is 45.1 Å². The van der Waals surface area contributed by atoms with Gasteiger partial charge in [0.15, 0.2) is 0 Å². The Hall–Kier alpha value is -1.81. The van der Waals surface area contributed by atoms with Crippen molar-refractivity contribution in [3.63, 3.8) is 0 Å². The van der Waals surface area contributed by atoms with Crippen LogP contribution in [0.15, 0.2) is 30.6 Å². The third kappa shape index (κ3) is 2.31. The van der Waals surface area contributed by atoms with E-state index in [0.29, 0.717) is 6.04 Å². The molecule has 1 fully saturated rings. The highest BCUT2D eigenvalue weighted by Crippen LogP contribution is 2.34. The highest BCUT2D eigenvalue weighted by atomic mass is 15.2. The number of nitrogens with two attached hydrogens (primary N) is 1. The van der Waals surface area contributed by atoms with Gasteiger partial charge in [0.1, 0.15) is 0 Å². The van der Waals surface area contributed by atoms with Crippen molar-refractivity contribution in [2.24, 2.45) is 0 Å². The Bertz CT molecular complexity index is 608. The summed E-state index contributed by atoms with van der Waals surface area (Å²) < 4.78 is 0. The number of nitrogens with zero attached hydrogens (tertiary/aromatic N) is 3. The van der Waals surface area contributed by atoms with Crippen molar-refractivity contribution in [3.05, 3.63) is 30.6 Å². The second kappa shape index (κ2) is 5.29. The second-order valence-corrected chi connectivity index (χ2v) is 5.85. The van der Waals surface area contributed by atoms with Crippen LogP contribution in [0.2, 0.25) is 0 Å². The molecule has 1 atom stereocenters. The lowest BCUT2D eigenvalue weighted by Gasteiger charge is -2.30. The lowest BCUT2D eigenvalue weighted by atomic mass is 10.1. The van der Waals surface area contributed by atoms with E-state index in [2.05, 4.69) is 41.0 Å².